The second-order valence-corrected chi connectivity index (χ2v) is 4.69. The van der Waals surface area contributed by atoms with Crippen LogP contribution in [-0.4, -0.2) is 38.9 Å². The van der Waals surface area contributed by atoms with Crippen molar-refractivity contribution >= 4 is 23.2 Å². The molecule has 0 aliphatic carbocycles. The van der Waals surface area contributed by atoms with E-state index in [0.717, 1.165) is 18.8 Å². The predicted octanol–water partition coefficient (Wildman–Crippen LogP) is 1.29. The quantitative estimate of drug-likeness (QED) is 0.846. The molecule has 1 N–H and O–H groups in total. The molecule has 0 unspecified atom stereocenters. The fourth-order valence-corrected chi connectivity index (χ4v) is 2.34. The summed E-state index contributed by atoms with van der Waals surface area (Å²) in [5.41, 5.74) is 1.28. The molecule has 0 radical (unpaired) electrons. The van der Waals surface area contributed by atoms with Gasteiger partial charge in [-0.3, -0.25) is 9.89 Å². The average Bonchev–Trinajstić information content (AvgIpc) is 2.77. The zero-order chi connectivity index (χ0) is 13.3. The number of anilines is 1. The molecule has 0 saturated heterocycles. The summed E-state index contributed by atoms with van der Waals surface area (Å²) in [4.78, 5) is 23.1. The summed E-state index contributed by atoms with van der Waals surface area (Å²) in [6.45, 7) is 7.46. The van der Waals surface area contributed by atoms with Crippen molar-refractivity contribution in [2.45, 2.75) is 25.9 Å². The summed E-state index contributed by atoms with van der Waals surface area (Å²) in [7, 11) is 0. The molecular weight excluding hydrogens is 250 g/mol. The van der Waals surface area contributed by atoms with E-state index in [4.69, 9.17) is 0 Å². The lowest BCUT2D eigenvalue weighted by atomic mass is 10.3. The number of aromatic nitrogens is 4. The molecule has 0 atom stereocenters. The standard InChI is InChI=1S/C11H17N5OS/c1-5-15(6-2)8-7(3)12-10-13-11(18-4)14-16(10)9(8)17/h5-6H2,1-4H3,(H,12,13,14). The molecule has 0 aliphatic rings. The van der Waals surface area contributed by atoms with Crippen molar-refractivity contribution in [1.82, 2.24) is 19.6 Å². The molecule has 0 fully saturated rings. The van der Waals surface area contributed by atoms with Gasteiger partial charge in [-0.15, -0.1) is 0 Å². The Labute approximate surface area is 109 Å². The van der Waals surface area contributed by atoms with Crippen molar-refractivity contribution in [2.75, 3.05) is 24.2 Å². The van der Waals surface area contributed by atoms with Crippen LogP contribution in [0.4, 0.5) is 5.69 Å². The van der Waals surface area contributed by atoms with Crippen LogP contribution >= 0.6 is 11.8 Å². The fraction of sp³-hybridized carbons (Fsp3) is 0.545. The summed E-state index contributed by atoms with van der Waals surface area (Å²) < 4.78 is 1.41. The molecule has 2 aromatic heterocycles. The van der Waals surface area contributed by atoms with Crippen LogP contribution < -0.4 is 10.5 Å². The molecule has 2 heterocycles. The Kier molecular flexibility index (Phi) is 3.60. The lowest BCUT2D eigenvalue weighted by molar-refractivity contribution is 0.801. The summed E-state index contributed by atoms with van der Waals surface area (Å²) >= 11 is 1.45. The highest BCUT2D eigenvalue weighted by Crippen LogP contribution is 2.15. The Bertz CT molecular complexity index is 614. The maximum atomic E-state index is 12.4. The van der Waals surface area contributed by atoms with Crippen molar-refractivity contribution in [3.63, 3.8) is 0 Å². The Morgan fingerprint density at radius 3 is 2.56 bits per heavy atom. The lowest BCUT2D eigenvalue weighted by Gasteiger charge is -2.21. The zero-order valence-corrected chi connectivity index (χ0v) is 11.8. The SMILES string of the molecule is CCN(CC)c1c(C)nc2nc(SC)[nH]n2c1=O. The van der Waals surface area contributed by atoms with E-state index in [2.05, 4.69) is 15.1 Å². The third-order valence-electron chi connectivity index (χ3n) is 2.90. The predicted molar refractivity (Wildman–Crippen MR) is 73.7 cm³/mol. The van der Waals surface area contributed by atoms with Crippen LogP contribution in [0.3, 0.4) is 0 Å². The smallest absolute Gasteiger partial charge is 0.297 e. The van der Waals surface area contributed by atoms with Gasteiger partial charge in [0.1, 0.15) is 5.69 Å². The molecule has 2 aromatic rings. The van der Waals surface area contributed by atoms with Crippen LogP contribution in [-0.2, 0) is 0 Å². The van der Waals surface area contributed by atoms with E-state index in [1.54, 1.807) is 0 Å². The first-order chi connectivity index (χ1) is 8.62. The Hall–Kier alpha value is -1.50. The number of rotatable bonds is 4. The second kappa shape index (κ2) is 5.01. The first kappa shape index (κ1) is 12.9. The molecule has 2 rings (SSSR count). The molecule has 0 spiro atoms. The molecule has 18 heavy (non-hydrogen) atoms. The van der Waals surface area contributed by atoms with Gasteiger partial charge in [-0.2, -0.15) is 9.50 Å². The molecule has 7 heteroatoms. The fourth-order valence-electron chi connectivity index (χ4n) is 1.99. The first-order valence-electron chi connectivity index (χ1n) is 5.90. The lowest BCUT2D eigenvalue weighted by Crippen LogP contribution is -2.32. The van der Waals surface area contributed by atoms with Crippen molar-refractivity contribution in [3.05, 3.63) is 16.0 Å². The second-order valence-electron chi connectivity index (χ2n) is 3.89. The van der Waals surface area contributed by atoms with E-state index in [1.165, 1.54) is 16.3 Å². The van der Waals surface area contributed by atoms with E-state index < -0.39 is 0 Å². The van der Waals surface area contributed by atoms with Crippen molar-refractivity contribution in [2.24, 2.45) is 0 Å². The third-order valence-corrected chi connectivity index (χ3v) is 3.47. The van der Waals surface area contributed by atoms with Gasteiger partial charge in [0.25, 0.3) is 11.3 Å². The summed E-state index contributed by atoms with van der Waals surface area (Å²) in [6, 6.07) is 0. The molecule has 0 amide bonds. The van der Waals surface area contributed by atoms with Gasteiger partial charge < -0.3 is 4.90 Å². The van der Waals surface area contributed by atoms with Gasteiger partial charge in [0.15, 0.2) is 5.16 Å². The number of hydrogen-bond acceptors (Lipinski definition) is 5. The molecule has 0 aromatic carbocycles. The summed E-state index contributed by atoms with van der Waals surface area (Å²) in [5.74, 6) is 0.428. The maximum Gasteiger partial charge on any atom is 0.297 e. The van der Waals surface area contributed by atoms with Crippen molar-refractivity contribution in [3.8, 4) is 0 Å². The first-order valence-corrected chi connectivity index (χ1v) is 7.13. The number of fused-ring (bicyclic) bond motifs is 1. The highest BCUT2D eigenvalue weighted by atomic mass is 32.2. The molecule has 98 valence electrons. The monoisotopic (exact) mass is 267 g/mol. The van der Waals surface area contributed by atoms with Gasteiger partial charge in [-0.1, -0.05) is 11.8 Å². The molecule has 6 nitrogen and oxygen atoms in total. The summed E-state index contributed by atoms with van der Waals surface area (Å²) in [6.07, 6.45) is 1.90. The molecule has 0 bridgehead atoms. The highest BCUT2D eigenvalue weighted by molar-refractivity contribution is 7.98. The average molecular weight is 267 g/mol. The van der Waals surface area contributed by atoms with Gasteiger partial charge in [0.05, 0.1) is 5.69 Å². The minimum atomic E-state index is -0.0889. The number of aryl methyl sites for hydroxylation is 1. The number of nitrogens with zero attached hydrogens (tertiary/aromatic N) is 4. The van der Waals surface area contributed by atoms with E-state index in [9.17, 15) is 4.79 Å². The van der Waals surface area contributed by atoms with Crippen LogP contribution in [0, 0.1) is 6.92 Å². The van der Waals surface area contributed by atoms with E-state index in [-0.39, 0.29) is 5.56 Å². The highest BCUT2D eigenvalue weighted by Gasteiger charge is 2.16. The van der Waals surface area contributed by atoms with Crippen molar-refractivity contribution in [1.29, 1.82) is 0 Å². The Balaban J connectivity index is 2.71. The maximum absolute atomic E-state index is 12.4. The van der Waals surface area contributed by atoms with Gasteiger partial charge in [0, 0.05) is 13.1 Å². The number of thioether (sulfide) groups is 1. The minimum Gasteiger partial charge on any atom is -0.366 e. The van der Waals surface area contributed by atoms with E-state index in [1.807, 2.05) is 31.9 Å². The van der Waals surface area contributed by atoms with Crippen molar-refractivity contribution < 1.29 is 0 Å². The number of H-pyrrole nitrogens is 1. The van der Waals surface area contributed by atoms with Crippen LogP contribution in [0.1, 0.15) is 19.5 Å². The largest absolute Gasteiger partial charge is 0.366 e. The minimum absolute atomic E-state index is 0.0889. The number of aromatic amines is 1. The molecule has 0 saturated carbocycles. The number of hydrogen-bond donors (Lipinski definition) is 1. The topological polar surface area (TPSA) is 66.3 Å². The summed E-state index contributed by atoms with van der Waals surface area (Å²) in [5, 5.41) is 3.64. The molecule has 0 aliphatic heterocycles. The van der Waals surface area contributed by atoms with Gasteiger partial charge in [-0.25, -0.2) is 4.98 Å². The van der Waals surface area contributed by atoms with Gasteiger partial charge in [-0.05, 0) is 27.0 Å². The Morgan fingerprint density at radius 1 is 1.33 bits per heavy atom. The van der Waals surface area contributed by atoms with Gasteiger partial charge in [0.2, 0.25) is 0 Å². The van der Waals surface area contributed by atoms with Crippen LogP contribution in [0.2, 0.25) is 0 Å². The Morgan fingerprint density at radius 2 is 2.00 bits per heavy atom. The normalized spacial score (nSPS) is 11.1. The molecular formula is C11H17N5OS. The van der Waals surface area contributed by atoms with E-state index >= 15 is 0 Å². The number of nitrogens with one attached hydrogen (secondary N) is 1. The van der Waals surface area contributed by atoms with Gasteiger partial charge >= 0.3 is 0 Å². The van der Waals surface area contributed by atoms with Crippen LogP contribution in [0.5, 0.6) is 0 Å². The third kappa shape index (κ3) is 1.98. The van der Waals surface area contributed by atoms with Crippen LogP contribution in [0.25, 0.3) is 5.78 Å². The zero-order valence-electron chi connectivity index (χ0n) is 11.0. The van der Waals surface area contributed by atoms with Crippen LogP contribution in [0.15, 0.2) is 9.95 Å². The van der Waals surface area contributed by atoms with E-state index in [0.29, 0.717) is 16.6 Å².